The molecule has 18 heavy (non-hydrogen) atoms. The van der Waals surface area contributed by atoms with Crippen LogP contribution in [0, 0.1) is 0 Å². The maximum absolute atomic E-state index is 3.78. The third-order valence-corrected chi connectivity index (χ3v) is 5.39. The van der Waals surface area contributed by atoms with Crippen molar-refractivity contribution in [2.75, 3.05) is 25.4 Å². The number of rotatable bonds is 4. The number of benzene rings is 1. The van der Waals surface area contributed by atoms with Gasteiger partial charge in [0, 0.05) is 29.3 Å². The SMILES string of the molecule is CCN1CCCC1CNC1CSc2ccccc21. The molecule has 0 aromatic heterocycles. The monoisotopic (exact) mass is 262 g/mol. The number of likely N-dealkylation sites (N-methyl/N-ethyl adjacent to an activating group) is 1. The fourth-order valence-electron chi connectivity index (χ4n) is 3.15. The van der Waals surface area contributed by atoms with Gasteiger partial charge in [0.15, 0.2) is 0 Å². The van der Waals surface area contributed by atoms with Crippen molar-refractivity contribution < 1.29 is 0 Å². The molecular formula is C15H22N2S. The number of nitrogens with one attached hydrogen (secondary N) is 1. The van der Waals surface area contributed by atoms with E-state index in [-0.39, 0.29) is 0 Å². The Morgan fingerprint density at radius 2 is 2.28 bits per heavy atom. The molecule has 2 aliphatic rings. The molecule has 1 aromatic carbocycles. The largest absolute Gasteiger partial charge is 0.308 e. The van der Waals surface area contributed by atoms with E-state index in [2.05, 4.69) is 41.4 Å². The van der Waals surface area contributed by atoms with Crippen LogP contribution in [0.15, 0.2) is 29.2 Å². The van der Waals surface area contributed by atoms with Gasteiger partial charge in [0.25, 0.3) is 0 Å². The molecule has 2 atom stereocenters. The lowest BCUT2D eigenvalue weighted by atomic mass is 10.1. The van der Waals surface area contributed by atoms with Gasteiger partial charge in [0.2, 0.25) is 0 Å². The molecule has 0 bridgehead atoms. The van der Waals surface area contributed by atoms with E-state index >= 15 is 0 Å². The van der Waals surface area contributed by atoms with Crippen molar-refractivity contribution >= 4 is 11.8 Å². The predicted molar refractivity (Wildman–Crippen MR) is 78.2 cm³/mol. The summed E-state index contributed by atoms with van der Waals surface area (Å²) < 4.78 is 0. The van der Waals surface area contributed by atoms with Crippen LogP contribution in [0.4, 0.5) is 0 Å². The molecule has 0 radical (unpaired) electrons. The maximum Gasteiger partial charge on any atom is 0.0427 e. The van der Waals surface area contributed by atoms with E-state index in [1.165, 1.54) is 42.1 Å². The molecule has 1 saturated heterocycles. The average molecular weight is 262 g/mol. The van der Waals surface area contributed by atoms with Crippen molar-refractivity contribution in [3.63, 3.8) is 0 Å². The molecule has 3 rings (SSSR count). The normalized spacial score (nSPS) is 27.6. The molecule has 0 spiro atoms. The zero-order valence-corrected chi connectivity index (χ0v) is 11.9. The van der Waals surface area contributed by atoms with Crippen LogP contribution in [0.2, 0.25) is 0 Å². The van der Waals surface area contributed by atoms with Crippen LogP contribution in [0.5, 0.6) is 0 Å². The first-order valence-electron chi connectivity index (χ1n) is 7.07. The fraction of sp³-hybridized carbons (Fsp3) is 0.600. The lowest BCUT2D eigenvalue weighted by Gasteiger charge is -2.25. The number of thioether (sulfide) groups is 1. The second-order valence-electron chi connectivity index (χ2n) is 5.23. The minimum Gasteiger partial charge on any atom is -0.308 e. The first-order chi connectivity index (χ1) is 8.88. The molecule has 1 N–H and O–H groups in total. The summed E-state index contributed by atoms with van der Waals surface area (Å²) in [5.74, 6) is 1.19. The number of hydrogen-bond donors (Lipinski definition) is 1. The summed E-state index contributed by atoms with van der Waals surface area (Å²) in [6, 6.07) is 10.1. The van der Waals surface area contributed by atoms with Gasteiger partial charge >= 0.3 is 0 Å². The lowest BCUT2D eigenvalue weighted by Crippen LogP contribution is -2.39. The lowest BCUT2D eigenvalue weighted by molar-refractivity contribution is 0.255. The Labute approximate surface area is 114 Å². The second kappa shape index (κ2) is 5.64. The average Bonchev–Trinajstić information content (AvgIpc) is 3.02. The molecule has 2 nitrogen and oxygen atoms in total. The van der Waals surface area contributed by atoms with E-state index in [0.717, 1.165) is 12.6 Å². The smallest absolute Gasteiger partial charge is 0.0427 e. The Balaban J connectivity index is 1.58. The highest BCUT2D eigenvalue weighted by atomic mass is 32.2. The van der Waals surface area contributed by atoms with Gasteiger partial charge in [-0.2, -0.15) is 0 Å². The summed E-state index contributed by atoms with van der Waals surface area (Å²) in [4.78, 5) is 4.08. The van der Waals surface area contributed by atoms with Gasteiger partial charge in [0.1, 0.15) is 0 Å². The van der Waals surface area contributed by atoms with Crippen LogP contribution in [-0.4, -0.2) is 36.3 Å². The van der Waals surface area contributed by atoms with Crippen molar-refractivity contribution in [1.29, 1.82) is 0 Å². The van der Waals surface area contributed by atoms with Crippen LogP contribution in [0.1, 0.15) is 31.4 Å². The molecule has 98 valence electrons. The predicted octanol–water partition coefficient (Wildman–Crippen LogP) is 2.91. The van der Waals surface area contributed by atoms with Crippen molar-refractivity contribution in [3.8, 4) is 0 Å². The van der Waals surface area contributed by atoms with Crippen LogP contribution in [0.25, 0.3) is 0 Å². The van der Waals surface area contributed by atoms with Crippen molar-refractivity contribution in [2.24, 2.45) is 0 Å². The summed E-state index contributed by atoms with van der Waals surface area (Å²) in [6.07, 6.45) is 2.73. The van der Waals surface area contributed by atoms with Gasteiger partial charge in [-0.15, -0.1) is 11.8 Å². The Morgan fingerprint density at radius 1 is 1.39 bits per heavy atom. The van der Waals surface area contributed by atoms with Crippen LogP contribution >= 0.6 is 11.8 Å². The Bertz CT molecular complexity index is 407. The minimum atomic E-state index is 0.561. The van der Waals surface area contributed by atoms with Gasteiger partial charge < -0.3 is 5.32 Å². The molecule has 1 aromatic rings. The van der Waals surface area contributed by atoms with E-state index in [0.29, 0.717) is 6.04 Å². The molecule has 0 saturated carbocycles. The second-order valence-corrected chi connectivity index (χ2v) is 6.30. The van der Waals surface area contributed by atoms with Gasteiger partial charge in [0.05, 0.1) is 0 Å². The van der Waals surface area contributed by atoms with Gasteiger partial charge in [-0.05, 0) is 37.6 Å². The molecule has 0 amide bonds. The molecule has 1 fully saturated rings. The zero-order chi connectivity index (χ0) is 12.4. The summed E-state index contributed by atoms with van der Waals surface area (Å²) in [7, 11) is 0. The quantitative estimate of drug-likeness (QED) is 0.898. The molecule has 3 heteroatoms. The summed E-state index contributed by atoms with van der Waals surface area (Å²) in [5.41, 5.74) is 1.50. The Kier molecular flexibility index (Phi) is 3.92. The highest BCUT2D eigenvalue weighted by Gasteiger charge is 2.26. The highest BCUT2D eigenvalue weighted by molar-refractivity contribution is 7.99. The first-order valence-corrected chi connectivity index (χ1v) is 8.06. The van der Waals surface area contributed by atoms with Gasteiger partial charge in [-0.25, -0.2) is 0 Å². The molecule has 2 unspecified atom stereocenters. The number of fused-ring (bicyclic) bond motifs is 1. The summed E-state index contributed by atoms with van der Waals surface area (Å²) >= 11 is 1.99. The van der Waals surface area contributed by atoms with Crippen molar-refractivity contribution in [1.82, 2.24) is 10.2 Å². The van der Waals surface area contributed by atoms with E-state index in [1.807, 2.05) is 11.8 Å². The zero-order valence-electron chi connectivity index (χ0n) is 11.1. The maximum atomic E-state index is 3.78. The minimum absolute atomic E-state index is 0.561. The van der Waals surface area contributed by atoms with Crippen LogP contribution in [0.3, 0.4) is 0 Å². The third-order valence-electron chi connectivity index (χ3n) is 4.21. The fourth-order valence-corrected chi connectivity index (χ4v) is 4.35. The van der Waals surface area contributed by atoms with Crippen LogP contribution < -0.4 is 5.32 Å². The summed E-state index contributed by atoms with van der Waals surface area (Å²) in [6.45, 7) is 5.91. The van der Waals surface area contributed by atoms with E-state index in [1.54, 1.807) is 0 Å². The Hall–Kier alpha value is -0.510. The van der Waals surface area contributed by atoms with Crippen molar-refractivity contribution in [2.45, 2.75) is 36.7 Å². The number of hydrogen-bond acceptors (Lipinski definition) is 3. The van der Waals surface area contributed by atoms with Crippen molar-refractivity contribution in [3.05, 3.63) is 29.8 Å². The molecular weight excluding hydrogens is 240 g/mol. The highest BCUT2D eigenvalue weighted by Crippen LogP contribution is 2.37. The van der Waals surface area contributed by atoms with E-state index in [4.69, 9.17) is 0 Å². The topological polar surface area (TPSA) is 15.3 Å². The molecule has 2 heterocycles. The van der Waals surface area contributed by atoms with E-state index in [9.17, 15) is 0 Å². The molecule has 2 aliphatic heterocycles. The standard InChI is InChI=1S/C15H22N2S/c1-2-17-9-5-6-12(17)10-16-14-11-18-15-8-4-3-7-13(14)15/h3-4,7-8,12,14,16H,2,5-6,9-11H2,1H3. The summed E-state index contributed by atoms with van der Waals surface area (Å²) in [5, 5.41) is 3.78. The van der Waals surface area contributed by atoms with E-state index < -0.39 is 0 Å². The Morgan fingerprint density at radius 3 is 3.17 bits per heavy atom. The van der Waals surface area contributed by atoms with Gasteiger partial charge in [-0.1, -0.05) is 25.1 Å². The number of nitrogens with zero attached hydrogens (tertiary/aromatic N) is 1. The van der Waals surface area contributed by atoms with Crippen LogP contribution in [-0.2, 0) is 0 Å². The third kappa shape index (κ3) is 2.44. The molecule has 0 aliphatic carbocycles. The van der Waals surface area contributed by atoms with Gasteiger partial charge in [-0.3, -0.25) is 4.90 Å². The first kappa shape index (κ1) is 12.5. The number of likely N-dealkylation sites (tertiary alicyclic amines) is 1.